The number of aromatic nitrogens is 2. The summed E-state index contributed by atoms with van der Waals surface area (Å²) in [6.07, 6.45) is 0. The van der Waals surface area contributed by atoms with Crippen LogP contribution in [0, 0.1) is 21.7 Å². The van der Waals surface area contributed by atoms with Gasteiger partial charge in [-0.2, -0.15) is 5.10 Å². The van der Waals surface area contributed by atoms with Gasteiger partial charge in [-0.25, -0.2) is 13.5 Å². The summed E-state index contributed by atoms with van der Waals surface area (Å²) in [5, 5.41) is 15.4. The number of amides is 1. The Kier molecular flexibility index (Phi) is 6.16. The van der Waals surface area contributed by atoms with Crippen LogP contribution in [0.2, 0.25) is 0 Å². The Morgan fingerprint density at radius 2 is 1.50 bits per heavy atom. The Labute approximate surface area is 205 Å². The number of carbonyl (C=O) groups is 1. The van der Waals surface area contributed by atoms with E-state index >= 15 is 0 Å². The number of piperazine rings is 1. The molecule has 0 atom stereocenters. The SMILES string of the molecule is O=C(c1cc(-c2ccccc2F)nn1-c1ccc(F)cc1)N1CCN(c2ccc([N+](=O)[O-])cc2)CC1. The highest BCUT2D eigenvalue weighted by Crippen LogP contribution is 2.26. The van der Waals surface area contributed by atoms with Crippen LogP contribution in [0.3, 0.4) is 0 Å². The third-order valence-corrected chi connectivity index (χ3v) is 6.14. The van der Waals surface area contributed by atoms with Crippen LogP contribution in [-0.2, 0) is 0 Å². The van der Waals surface area contributed by atoms with E-state index in [0.717, 1.165) is 5.69 Å². The molecule has 1 saturated heterocycles. The minimum Gasteiger partial charge on any atom is -0.368 e. The Balaban J connectivity index is 1.40. The monoisotopic (exact) mass is 489 g/mol. The van der Waals surface area contributed by atoms with Gasteiger partial charge in [0.15, 0.2) is 0 Å². The first-order chi connectivity index (χ1) is 17.4. The van der Waals surface area contributed by atoms with Crippen molar-refractivity contribution in [3.8, 4) is 16.9 Å². The summed E-state index contributed by atoms with van der Waals surface area (Å²) in [5.74, 6) is -1.16. The lowest BCUT2D eigenvalue weighted by Crippen LogP contribution is -2.49. The molecule has 182 valence electrons. The van der Waals surface area contributed by atoms with Crippen molar-refractivity contribution in [1.29, 1.82) is 0 Å². The number of nitro benzene ring substituents is 1. The zero-order chi connectivity index (χ0) is 25.2. The predicted molar refractivity (Wildman–Crippen MR) is 130 cm³/mol. The van der Waals surface area contributed by atoms with Crippen molar-refractivity contribution in [1.82, 2.24) is 14.7 Å². The summed E-state index contributed by atoms with van der Waals surface area (Å²) >= 11 is 0. The largest absolute Gasteiger partial charge is 0.368 e. The van der Waals surface area contributed by atoms with Crippen molar-refractivity contribution in [2.24, 2.45) is 0 Å². The standard InChI is InChI=1S/C26H21F2N5O3/c27-18-5-7-20(8-6-18)32-25(17-24(29-32)22-3-1-2-4-23(22)28)26(34)31-15-13-30(14-16-31)19-9-11-21(12-10-19)33(35)36/h1-12,17H,13-16H2. The highest BCUT2D eigenvalue weighted by molar-refractivity contribution is 5.94. The van der Waals surface area contributed by atoms with Crippen molar-refractivity contribution in [3.05, 3.63) is 106 Å². The number of hydrogen-bond donors (Lipinski definition) is 0. The molecule has 0 saturated carbocycles. The van der Waals surface area contributed by atoms with Crippen LogP contribution in [0.5, 0.6) is 0 Å². The number of hydrogen-bond acceptors (Lipinski definition) is 5. The van der Waals surface area contributed by atoms with Gasteiger partial charge in [-0.05, 0) is 54.6 Å². The number of benzene rings is 3. The lowest BCUT2D eigenvalue weighted by atomic mass is 10.1. The smallest absolute Gasteiger partial charge is 0.272 e. The molecule has 4 aromatic rings. The van der Waals surface area contributed by atoms with E-state index < -0.39 is 16.6 Å². The number of non-ortho nitro benzene ring substituents is 1. The quantitative estimate of drug-likeness (QED) is 0.300. The third kappa shape index (κ3) is 4.52. The second-order valence-electron chi connectivity index (χ2n) is 8.34. The van der Waals surface area contributed by atoms with E-state index in [9.17, 15) is 23.7 Å². The average molecular weight is 489 g/mol. The maximum atomic E-state index is 14.5. The van der Waals surface area contributed by atoms with E-state index in [2.05, 4.69) is 10.00 Å². The van der Waals surface area contributed by atoms with Gasteiger partial charge < -0.3 is 9.80 Å². The molecule has 0 aliphatic carbocycles. The lowest BCUT2D eigenvalue weighted by Gasteiger charge is -2.36. The molecular formula is C26H21F2N5O3. The summed E-state index contributed by atoms with van der Waals surface area (Å²) in [5.41, 5.74) is 2.13. The van der Waals surface area contributed by atoms with Crippen molar-refractivity contribution >= 4 is 17.3 Å². The van der Waals surface area contributed by atoms with Gasteiger partial charge in [0.1, 0.15) is 17.3 Å². The van der Waals surface area contributed by atoms with Crippen molar-refractivity contribution in [2.75, 3.05) is 31.1 Å². The average Bonchev–Trinajstić information content (AvgIpc) is 3.34. The van der Waals surface area contributed by atoms with Gasteiger partial charge in [0.25, 0.3) is 11.6 Å². The zero-order valence-electron chi connectivity index (χ0n) is 19.1. The first-order valence-corrected chi connectivity index (χ1v) is 11.3. The molecule has 36 heavy (non-hydrogen) atoms. The minimum absolute atomic E-state index is 0.0206. The molecule has 1 aromatic heterocycles. The second-order valence-corrected chi connectivity index (χ2v) is 8.34. The fourth-order valence-electron chi connectivity index (χ4n) is 4.23. The predicted octanol–water partition coefficient (Wildman–Crippen LogP) is 4.69. The Morgan fingerprint density at radius 3 is 2.14 bits per heavy atom. The van der Waals surface area contributed by atoms with Crippen LogP contribution in [-0.4, -0.2) is 51.7 Å². The van der Waals surface area contributed by atoms with E-state index in [0.29, 0.717) is 37.6 Å². The number of rotatable bonds is 5. The number of carbonyl (C=O) groups excluding carboxylic acids is 1. The fraction of sp³-hybridized carbons (Fsp3) is 0.154. The molecule has 0 radical (unpaired) electrons. The maximum absolute atomic E-state index is 14.5. The highest BCUT2D eigenvalue weighted by Gasteiger charge is 2.27. The molecule has 3 aromatic carbocycles. The Hall–Kier alpha value is -4.60. The summed E-state index contributed by atoms with van der Waals surface area (Å²) < 4.78 is 29.4. The lowest BCUT2D eigenvalue weighted by molar-refractivity contribution is -0.384. The van der Waals surface area contributed by atoms with Crippen molar-refractivity contribution in [3.63, 3.8) is 0 Å². The molecule has 1 aliphatic heterocycles. The van der Waals surface area contributed by atoms with Gasteiger partial charge in [-0.15, -0.1) is 0 Å². The van der Waals surface area contributed by atoms with Gasteiger partial charge in [0.2, 0.25) is 0 Å². The first-order valence-electron chi connectivity index (χ1n) is 11.3. The molecule has 2 heterocycles. The third-order valence-electron chi connectivity index (χ3n) is 6.14. The highest BCUT2D eigenvalue weighted by atomic mass is 19.1. The van der Waals surface area contributed by atoms with E-state index in [1.54, 1.807) is 41.3 Å². The number of nitrogens with zero attached hydrogens (tertiary/aromatic N) is 5. The van der Waals surface area contributed by atoms with Crippen LogP contribution in [0.25, 0.3) is 16.9 Å². The van der Waals surface area contributed by atoms with Crippen LogP contribution < -0.4 is 4.90 Å². The first kappa shape index (κ1) is 23.2. The topological polar surface area (TPSA) is 84.5 Å². The summed E-state index contributed by atoms with van der Waals surface area (Å²) in [4.78, 5) is 27.7. The maximum Gasteiger partial charge on any atom is 0.272 e. The van der Waals surface area contributed by atoms with Gasteiger partial charge in [0.05, 0.1) is 16.3 Å². The molecule has 0 unspecified atom stereocenters. The van der Waals surface area contributed by atoms with E-state index in [1.807, 2.05) is 0 Å². The summed E-state index contributed by atoms with van der Waals surface area (Å²) in [6, 6.07) is 19.6. The molecule has 1 fully saturated rings. The number of nitro groups is 1. The zero-order valence-corrected chi connectivity index (χ0v) is 19.1. The van der Waals surface area contributed by atoms with Crippen molar-refractivity contribution in [2.45, 2.75) is 0 Å². The van der Waals surface area contributed by atoms with Gasteiger partial charge in [-0.1, -0.05) is 12.1 Å². The van der Waals surface area contributed by atoms with Crippen LogP contribution in [0.15, 0.2) is 78.9 Å². The summed E-state index contributed by atoms with van der Waals surface area (Å²) in [7, 11) is 0. The molecule has 10 heteroatoms. The minimum atomic E-state index is -0.461. The molecular weight excluding hydrogens is 468 g/mol. The van der Waals surface area contributed by atoms with E-state index in [1.165, 1.54) is 47.1 Å². The Bertz CT molecular complexity index is 1410. The normalized spacial score (nSPS) is 13.6. The van der Waals surface area contributed by atoms with E-state index in [-0.39, 0.29) is 22.9 Å². The van der Waals surface area contributed by atoms with Crippen LogP contribution in [0.1, 0.15) is 10.5 Å². The fourth-order valence-corrected chi connectivity index (χ4v) is 4.23. The number of halogens is 2. The second kappa shape index (κ2) is 9.57. The Morgan fingerprint density at radius 1 is 0.861 bits per heavy atom. The molecule has 1 amide bonds. The molecule has 0 N–H and O–H groups in total. The number of anilines is 1. The van der Waals surface area contributed by atoms with Crippen molar-refractivity contribution < 1.29 is 18.5 Å². The van der Waals surface area contributed by atoms with Gasteiger partial charge >= 0.3 is 0 Å². The molecule has 5 rings (SSSR count). The molecule has 0 spiro atoms. The van der Waals surface area contributed by atoms with Gasteiger partial charge in [0, 0.05) is 49.6 Å². The molecule has 0 bridgehead atoms. The summed E-state index contributed by atoms with van der Waals surface area (Å²) in [6.45, 7) is 1.90. The molecule has 1 aliphatic rings. The van der Waals surface area contributed by atoms with Crippen LogP contribution in [0.4, 0.5) is 20.2 Å². The molecule has 8 nitrogen and oxygen atoms in total. The van der Waals surface area contributed by atoms with Gasteiger partial charge in [-0.3, -0.25) is 14.9 Å². The van der Waals surface area contributed by atoms with E-state index in [4.69, 9.17) is 0 Å². The van der Waals surface area contributed by atoms with Crippen LogP contribution >= 0.6 is 0 Å².